The van der Waals surface area contributed by atoms with Crippen molar-refractivity contribution in [3.63, 3.8) is 0 Å². The molecule has 1 aromatic heterocycles. The zero-order valence-electron chi connectivity index (χ0n) is 14.7. The van der Waals surface area contributed by atoms with Gasteiger partial charge in [0, 0.05) is 12.7 Å². The van der Waals surface area contributed by atoms with Crippen LogP contribution in [0.25, 0.3) is 12.2 Å². The lowest BCUT2D eigenvalue weighted by Gasteiger charge is -2.09. The van der Waals surface area contributed by atoms with E-state index in [0.717, 1.165) is 16.8 Å². The first-order valence-electron chi connectivity index (χ1n) is 8.16. The van der Waals surface area contributed by atoms with Crippen LogP contribution < -0.4 is 5.32 Å². The molecule has 0 saturated heterocycles. The summed E-state index contributed by atoms with van der Waals surface area (Å²) >= 11 is 0. The number of imidazole rings is 1. The molecule has 0 bridgehead atoms. The van der Waals surface area contributed by atoms with Crippen LogP contribution in [0.3, 0.4) is 0 Å². The maximum atomic E-state index is 12.3. The number of aromatic nitrogens is 2. The second-order valence-corrected chi connectivity index (χ2v) is 6.11. The Morgan fingerprint density at radius 1 is 1.08 bits per heavy atom. The summed E-state index contributed by atoms with van der Waals surface area (Å²) in [6, 6.07) is 14.3. The third kappa shape index (κ3) is 3.86. The fourth-order valence-electron chi connectivity index (χ4n) is 2.65. The van der Waals surface area contributed by atoms with Crippen molar-refractivity contribution in [1.82, 2.24) is 9.55 Å². The van der Waals surface area contributed by atoms with E-state index in [0.29, 0.717) is 5.69 Å². The maximum Gasteiger partial charge on any atom is 0.273 e. The summed E-state index contributed by atoms with van der Waals surface area (Å²) in [4.78, 5) is 16.3. The van der Waals surface area contributed by atoms with Crippen molar-refractivity contribution in [3.05, 3.63) is 82.9 Å². The first-order valence-corrected chi connectivity index (χ1v) is 8.16. The van der Waals surface area contributed by atoms with E-state index < -0.39 is 0 Å². The average molecular weight is 331 g/mol. The average Bonchev–Trinajstić information content (AvgIpc) is 3.02. The molecule has 0 spiro atoms. The van der Waals surface area contributed by atoms with Crippen LogP contribution in [0.15, 0.2) is 55.0 Å². The molecule has 1 amide bonds. The maximum absolute atomic E-state index is 12.3. The molecule has 0 aliphatic rings. The molecule has 0 radical (unpaired) electrons. The van der Waals surface area contributed by atoms with Gasteiger partial charge in [-0.2, -0.15) is 0 Å². The lowest BCUT2D eigenvalue weighted by atomic mass is 10.1. The minimum absolute atomic E-state index is 0.161. The number of rotatable bonds is 4. The Kier molecular flexibility index (Phi) is 4.80. The van der Waals surface area contributed by atoms with E-state index in [1.54, 1.807) is 24.1 Å². The van der Waals surface area contributed by atoms with Crippen molar-refractivity contribution in [2.24, 2.45) is 7.05 Å². The molecule has 1 N–H and O–H groups in total. The number of nitrogens with one attached hydrogen (secondary N) is 1. The number of anilines is 1. The molecule has 0 fully saturated rings. The summed E-state index contributed by atoms with van der Waals surface area (Å²) < 4.78 is 1.70. The highest BCUT2D eigenvalue weighted by atomic mass is 16.2. The van der Waals surface area contributed by atoms with E-state index in [9.17, 15) is 4.79 Å². The molecular weight excluding hydrogens is 310 g/mol. The fourth-order valence-corrected chi connectivity index (χ4v) is 2.65. The van der Waals surface area contributed by atoms with Gasteiger partial charge in [-0.1, -0.05) is 42.5 Å². The number of aryl methyl sites for hydroxylation is 3. The topological polar surface area (TPSA) is 46.9 Å². The fraction of sp³-hybridized carbons (Fsp3) is 0.143. The van der Waals surface area contributed by atoms with Gasteiger partial charge in [0.25, 0.3) is 5.91 Å². The largest absolute Gasteiger partial charge is 0.330 e. The zero-order valence-corrected chi connectivity index (χ0v) is 14.7. The molecule has 1 heterocycles. The Hall–Kier alpha value is -3.14. The molecular formula is C21H21N3O. The van der Waals surface area contributed by atoms with Crippen molar-refractivity contribution in [2.45, 2.75) is 13.8 Å². The normalized spacial score (nSPS) is 11.0. The van der Waals surface area contributed by atoms with Crippen LogP contribution in [0.1, 0.15) is 32.7 Å². The number of hydrogen-bond donors (Lipinski definition) is 1. The van der Waals surface area contributed by atoms with Gasteiger partial charge in [-0.3, -0.25) is 4.79 Å². The summed E-state index contributed by atoms with van der Waals surface area (Å²) in [6.07, 6.45) is 7.37. The van der Waals surface area contributed by atoms with Crippen LogP contribution >= 0.6 is 0 Å². The molecule has 4 nitrogen and oxygen atoms in total. The van der Waals surface area contributed by atoms with Gasteiger partial charge in [-0.05, 0) is 48.2 Å². The van der Waals surface area contributed by atoms with Gasteiger partial charge in [-0.25, -0.2) is 4.98 Å². The van der Waals surface area contributed by atoms with Crippen LogP contribution in [-0.2, 0) is 7.05 Å². The lowest BCUT2D eigenvalue weighted by molar-refractivity contribution is 0.101. The SMILES string of the molecule is Cc1ccccc1/C=C/c1ccc(NC(=O)c2cncn2C)c(C)c1. The Balaban J connectivity index is 1.76. The van der Waals surface area contributed by atoms with Crippen molar-refractivity contribution in [2.75, 3.05) is 5.32 Å². The van der Waals surface area contributed by atoms with Crippen LogP contribution in [-0.4, -0.2) is 15.5 Å². The molecule has 0 aliphatic carbocycles. The van der Waals surface area contributed by atoms with E-state index in [1.165, 1.54) is 11.1 Å². The Morgan fingerprint density at radius 3 is 2.56 bits per heavy atom. The molecule has 3 aromatic rings. The van der Waals surface area contributed by atoms with E-state index in [-0.39, 0.29) is 5.91 Å². The monoisotopic (exact) mass is 331 g/mol. The molecule has 0 atom stereocenters. The summed E-state index contributed by atoms with van der Waals surface area (Å²) in [6.45, 7) is 4.09. The second-order valence-electron chi connectivity index (χ2n) is 6.11. The number of amides is 1. The highest BCUT2D eigenvalue weighted by Crippen LogP contribution is 2.19. The lowest BCUT2D eigenvalue weighted by Crippen LogP contribution is -2.16. The highest BCUT2D eigenvalue weighted by molar-refractivity contribution is 6.03. The smallest absolute Gasteiger partial charge is 0.273 e. The number of carbonyl (C=O) groups excluding carboxylic acids is 1. The number of carbonyl (C=O) groups is 1. The molecule has 25 heavy (non-hydrogen) atoms. The summed E-state index contributed by atoms with van der Waals surface area (Å²) in [5, 5.41) is 2.94. The van der Waals surface area contributed by atoms with Gasteiger partial charge in [-0.15, -0.1) is 0 Å². The van der Waals surface area contributed by atoms with E-state index in [1.807, 2.05) is 31.2 Å². The molecule has 4 heteroatoms. The summed E-state index contributed by atoms with van der Waals surface area (Å²) in [5.41, 5.74) is 5.90. The number of benzene rings is 2. The van der Waals surface area contributed by atoms with E-state index in [2.05, 4.69) is 47.6 Å². The molecule has 0 saturated carbocycles. The highest BCUT2D eigenvalue weighted by Gasteiger charge is 2.11. The molecule has 0 unspecified atom stereocenters. The first-order chi connectivity index (χ1) is 12.0. The van der Waals surface area contributed by atoms with Gasteiger partial charge in [0.15, 0.2) is 0 Å². The third-order valence-corrected chi connectivity index (χ3v) is 4.19. The third-order valence-electron chi connectivity index (χ3n) is 4.19. The van der Waals surface area contributed by atoms with Crippen LogP contribution in [0.5, 0.6) is 0 Å². The minimum atomic E-state index is -0.161. The Morgan fingerprint density at radius 2 is 1.88 bits per heavy atom. The summed E-state index contributed by atoms with van der Waals surface area (Å²) in [5.74, 6) is -0.161. The van der Waals surface area contributed by atoms with Crippen molar-refractivity contribution in [1.29, 1.82) is 0 Å². The summed E-state index contributed by atoms with van der Waals surface area (Å²) in [7, 11) is 1.80. The van der Waals surface area contributed by atoms with Gasteiger partial charge in [0.2, 0.25) is 0 Å². The minimum Gasteiger partial charge on any atom is -0.330 e. The zero-order chi connectivity index (χ0) is 17.8. The standard InChI is InChI=1S/C21H21N3O/c1-15-6-4-5-7-18(15)10-8-17-9-11-19(16(2)12-17)23-21(25)20-13-22-14-24(20)3/h4-14H,1-3H3,(H,23,25)/b10-8+. The van der Waals surface area contributed by atoms with Crippen molar-refractivity contribution < 1.29 is 4.79 Å². The van der Waals surface area contributed by atoms with E-state index >= 15 is 0 Å². The van der Waals surface area contributed by atoms with Crippen molar-refractivity contribution in [3.8, 4) is 0 Å². The quantitative estimate of drug-likeness (QED) is 0.718. The van der Waals surface area contributed by atoms with Crippen LogP contribution in [0.4, 0.5) is 5.69 Å². The van der Waals surface area contributed by atoms with Gasteiger partial charge in [0.05, 0.1) is 12.5 Å². The predicted molar refractivity (Wildman–Crippen MR) is 102 cm³/mol. The van der Waals surface area contributed by atoms with Crippen molar-refractivity contribution >= 4 is 23.7 Å². The van der Waals surface area contributed by atoms with Crippen LogP contribution in [0.2, 0.25) is 0 Å². The molecule has 0 aliphatic heterocycles. The van der Waals surface area contributed by atoms with Gasteiger partial charge < -0.3 is 9.88 Å². The second kappa shape index (κ2) is 7.18. The molecule has 126 valence electrons. The Bertz CT molecular complexity index is 938. The van der Waals surface area contributed by atoms with Crippen LogP contribution in [0, 0.1) is 13.8 Å². The number of hydrogen-bond acceptors (Lipinski definition) is 2. The van der Waals surface area contributed by atoms with E-state index in [4.69, 9.17) is 0 Å². The predicted octanol–water partition coefficient (Wildman–Crippen LogP) is 4.46. The molecule has 3 rings (SSSR count). The van der Waals surface area contributed by atoms with Gasteiger partial charge >= 0.3 is 0 Å². The first kappa shape index (κ1) is 16.7. The molecule has 2 aromatic carbocycles. The number of nitrogens with zero attached hydrogens (tertiary/aromatic N) is 2. The van der Waals surface area contributed by atoms with Gasteiger partial charge in [0.1, 0.15) is 5.69 Å². The Labute approximate surface area is 147 Å².